The minimum absolute atomic E-state index is 0.225. The van der Waals surface area contributed by atoms with Gasteiger partial charge in [-0.3, -0.25) is 9.78 Å². The van der Waals surface area contributed by atoms with Crippen LogP contribution in [-0.2, 0) is 10.0 Å². The molecule has 1 aliphatic heterocycles. The van der Waals surface area contributed by atoms with E-state index in [1.807, 2.05) is 30.3 Å². The van der Waals surface area contributed by atoms with Gasteiger partial charge in [0.1, 0.15) is 11.3 Å². The fourth-order valence-electron chi connectivity index (χ4n) is 3.61. The number of ether oxygens (including phenoxy) is 1. The largest absolute Gasteiger partial charge is 0.491 e. The van der Waals surface area contributed by atoms with E-state index in [9.17, 15) is 13.2 Å². The van der Waals surface area contributed by atoms with Crippen molar-refractivity contribution in [2.24, 2.45) is 0 Å². The Kier molecular flexibility index (Phi) is 6.48. The number of sulfonamides is 1. The van der Waals surface area contributed by atoms with Crippen molar-refractivity contribution in [3.05, 3.63) is 66.4 Å². The summed E-state index contributed by atoms with van der Waals surface area (Å²) in [6.07, 6.45) is 4.15. The second kappa shape index (κ2) is 9.45. The molecule has 1 fully saturated rings. The average Bonchev–Trinajstić information content (AvgIpc) is 3.35. The lowest BCUT2D eigenvalue weighted by atomic mass is 10.2. The van der Waals surface area contributed by atoms with Crippen LogP contribution in [0.5, 0.6) is 5.75 Å². The number of benzene rings is 2. The summed E-state index contributed by atoms with van der Waals surface area (Å²) in [5.41, 5.74) is 1.25. The minimum atomic E-state index is -3.47. The Morgan fingerprint density at radius 2 is 1.77 bits per heavy atom. The first-order chi connectivity index (χ1) is 15.1. The van der Waals surface area contributed by atoms with Crippen LogP contribution in [0.15, 0.2) is 65.7 Å². The summed E-state index contributed by atoms with van der Waals surface area (Å²) in [6, 6.07) is 15.8. The van der Waals surface area contributed by atoms with E-state index in [0.29, 0.717) is 38.2 Å². The van der Waals surface area contributed by atoms with Crippen LogP contribution in [0.25, 0.3) is 10.9 Å². The number of carbonyl (C=O) groups is 1. The van der Waals surface area contributed by atoms with E-state index in [-0.39, 0.29) is 10.8 Å². The van der Waals surface area contributed by atoms with Crippen LogP contribution in [0.2, 0.25) is 0 Å². The molecule has 1 N–H and O–H groups in total. The number of nitrogens with zero attached hydrogens (tertiary/aromatic N) is 2. The molecule has 4 rings (SSSR count). The molecule has 2 aromatic carbocycles. The Balaban J connectivity index is 1.26. The highest BCUT2D eigenvalue weighted by atomic mass is 32.2. The summed E-state index contributed by atoms with van der Waals surface area (Å²) in [5.74, 6) is 0.483. The van der Waals surface area contributed by atoms with Crippen LogP contribution in [-0.4, -0.2) is 49.9 Å². The first kappa shape index (κ1) is 21.3. The van der Waals surface area contributed by atoms with Gasteiger partial charge in [0.25, 0.3) is 5.91 Å². The number of hydrogen-bond donors (Lipinski definition) is 1. The standard InChI is InChI=1S/C23H25N3O4S/c27-23(19-9-11-20(12-10-19)31(28,29)26-15-1-2-16-26)25-14-5-17-30-21-8-3-6-18-7-4-13-24-22(18)21/h3-4,6-13H,1-2,5,14-17H2,(H,25,27). The van der Waals surface area contributed by atoms with Crippen LogP contribution in [0.1, 0.15) is 29.6 Å². The molecule has 0 radical (unpaired) electrons. The van der Waals surface area contributed by atoms with Crippen LogP contribution in [0.4, 0.5) is 0 Å². The fourth-order valence-corrected chi connectivity index (χ4v) is 5.12. The van der Waals surface area contributed by atoms with E-state index >= 15 is 0 Å². The second-order valence-corrected chi connectivity index (χ2v) is 9.36. The maximum absolute atomic E-state index is 12.6. The Hall–Kier alpha value is -2.97. The molecule has 162 valence electrons. The molecule has 7 nitrogen and oxygen atoms in total. The Morgan fingerprint density at radius 3 is 2.55 bits per heavy atom. The predicted octanol–water partition coefficient (Wildman–Crippen LogP) is 3.22. The topological polar surface area (TPSA) is 88.6 Å². The molecule has 0 atom stereocenters. The van der Waals surface area contributed by atoms with Crippen LogP contribution in [0.3, 0.4) is 0 Å². The van der Waals surface area contributed by atoms with Gasteiger partial charge in [-0.2, -0.15) is 4.31 Å². The molecule has 1 aliphatic rings. The Bertz CT molecular complexity index is 1150. The lowest BCUT2D eigenvalue weighted by Gasteiger charge is -2.15. The second-order valence-electron chi connectivity index (χ2n) is 7.42. The van der Waals surface area contributed by atoms with Crippen molar-refractivity contribution in [1.29, 1.82) is 0 Å². The van der Waals surface area contributed by atoms with Crippen molar-refractivity contribution in [3.8, 4) is 5.75 Å². The molecular weight excluding hydrogens is 414 g/mol. The van der Waals surface area contributed by atoms with Gasteiger partial charge in [-0.15, -0.1) is 0 Å². The number of carbonyl (C=O) groups excluding carboxylic acids is 1. The van der Waals surface area contributed by atoms with Gasteiger partial charge in [0.05, 0.1) is 11.5 Å². The summed E-state index contributed by atoms with van der Waals surface area (Å²) in [5, 5.41) is 3.86. The van der Waals surface area contributed by atoms with Gasteiger partial charge in [-0.25, -0.2) is 8.42 Å². The van der Waals surface area contributed by atoms with E-state index in [1.165, 1.54) is 16.4 Å². The Morgan fingerprint density at radius 1 is 1.03 bits per heavy atom. The molecule has 1 aromatic heterocycles. The molecule has 2 heterocycles. The molecule has 31 heavy (non-hydrogen) atoms. The number of para-hydroxylation sites is 1. The normalized spacial score (nSPS) is 14.6. The molecule has 0 bridgehead atoms. The highest BCUT2D eigenvalue weighted by Gasteiger charge is 2.27. The van der Waals surface area contributed by atoms with Crippen molar-refractivity contribution in [1.82, 2.24) is 14.6 Å². The third-order valence-electron chi connectivity index (χ3n) is 5.28. The number of amides is 1. The zero-order valence-corrected chi connectivity index (χ0v) is 18.0. The van der Waals surface area contributed by atoms with Crippen LogP contribution in [0, 0.1) is 0 Å². The van der Waals surface area contributed by atoms with Crippen molar-refractivity contribution in [2.75, 3.05) is 26.2 Å². The van der Waals surface area contributed by atoms with E-state index < -0.39 is 10.0 Å². The lowest BCUT2D eigenvalue weighted by Crippen LogP contribution is -2.28. The van der Waals surface area contributed by atoms with Crippen molar-refractivity contribution >= 4 is 26.8 Å². The zero-order chi connectivity index (χ0) is 21.7. The molecule has 8 heteroatoms. The number of nitrogens with one attached hydrogen (secondary N) is 1. The van der Waals surface area contributed by atoms with Gasteiger partial charge >= 0.3 is 0 Å². The van der Waals surface area contributed by atoms with E-state index in [2.05, 4.69) is 10.3 Å². The van der Waals surface area contributed by atoms with E-state index in [4.69, 9.17) is 4.74 Å². The quantitative estimate of drug-likeness (QED) is 0.545. The smallest absolute Gasteiger partial charge is 0.251 e. The monoisotopic (exact) mass is 439 g/mol. The molecule has 3 aromatic rings. The van der Waals surface area contributed by atoms with Gasteiger partial charge < -0.3 is 10.1 Å². The van der Waals surface area contributed by atoms with E-state index in [0.717, 1.165) is 29.5 Å². The predicted molar refractivity (Wildman–Crippen MR) is 119 cm³/mol. The van der Waals surface area contributed by atoms with Crippen LogP contribution < -0.4 is 10.1 Å². The number of pyridine rings is 1. The average molecular weight is 440 g/mol. The molecule has 0 spiro atoms. The third-order valence-corrected chi connectivity index (χ3v) is 7.19. The number of hydrogen-bond acceptors (Lipinski definition) is 5. The molecule has 1 amide bonds. The first-order valence-corrected chi connectivity index (χ1v) is 11.8. The first-order valence-electron chi connectivity index (χ1n) is 10.4. The van der Waals surface area contributed by atoms with E-state index in [1.54, 1.807) is 18.3 Å². The van der Waals surface area contributed by atoms with Gasteiger partial charge in [-0.05, 0) is 55.7 Å². The maximum atomic E-state index is 12.6. The third kappa shape index (κ3) is 4.86. The van der Waals surface area contributed by atoms with Gasteiger partial charge in [0, 0.05) is 36.8 Å². The fraction of sp³-hybridized carbons (Fsp3) is 0.304. The van der Waals surface area contributed by atoms with Crippen LogP contribution >= 0.6 is 0 Å². The lowest BCUT2D eigenvalue weighted by molar-refractivity contribution is 0.0951. The highest BCUT2D eigenvalue weighted by molar-refractivity contribution is 7.89. The molecule has 0 saturated carbocycles. The number of rotatable bonds is 8. The summed E-state index contributed by atoms with van der Waals surface area (Å²) in [7, 11) is -3.47. The highest BCUT2D eigenvalue weighted by Crippen LogP contribution is 2.23. The minimum Gasteiger partial charge on any atom is -0.491 e. The number of fused-ring (bicyclic) bond motifs is 1. The summed E-state index contributed by atoms with van der Waals surface area (Å²) in [4.78, 5) is 16.9. The SMILES string of the molecule is O=C(NCCCOc1cccc2cccnc12)c1ccc(S(=O)(=O)N2CCCC2)cc1. The number of aromatic nitrogens is 1. The van der Waals surface area contributed by atoms with Gasteiger partial charge in [-0.1, -0.05) is 18.2 Å². The van der Waals surface area contributed by atoms with Crippen molar-refractivity contribution < 1.29 is 17.9 Å². The maximum Gasteiger partial charge on any atom is 0.251 e. The summed E-state index contributed by atoms with van der Waals surface area (Å²) >= 11 is 0. The molecular formula is C23H25N3O4S. The zero-order valence-electron chi connectivity index (χ0n) is 17.2. The summed E-state index contributed by atoms with van der Waals surface area (Å²) in [6.45, 7) is 2.01. The van der Waals surface area contributed by atoms with Crippen molar-refractivity contribution in [3.63, 3.8) is 0 Å². The van der Waals surface area contributed by atoms with Crippen molar-refractivity contribution in [2.45, 2.75) is 24.2 Å². The molecule has 1 saturated heterocycles. The Labute approximate surface area is 182 Å². The summed E-state index contributed by atoms with van der Waals surface area (Å²) < 4.78 is 32.4. The van der Waals surface area contributed by atoms with Gasteiger partial charge in [0.15, 0.2) is 0 Å². The molecule has 0 aliphatic carbocycles. The van der Waals surface area contributed by atoms with Gasteiger partial charge in [0.2, 0.25) is 10.0 Å². The molecule has 0 unspecified atom stereocenters.